The van der Waals surface area contributed by atoms with E-state index < -0.39 is 12.6 Å². The normalized spacial score (nSPS) is 14.2. The molecule has 2 heterocycles. The Morgan fingerprint density at radius 3 is 2.95 bits per heavy atom. The fourth-order valence-corrected chi connectivity index (χ4v) is 2.15. The van der Waals surface area contributed by atoms with Gasteiger partial charge in [0, 0.05) is 24.2 Å². The minimum Gasteiger partial charge on any atom is -0.384 e. The summed E-state index contributed by atoms with van der Waals surface area (Å²) < 4.78 is 41.4. The minimum atomic E-state index is -4.21. The second kappa shape index (κ2) is 4.81. The Morgan fingerprint density at radius 2 is 2.15 bits per heavy atom. The number of fused-ring (bicyclic) bond motifs is 1. The molecule has 1 aromatic carbocycles. The quantitative estimate of drug-likeness (QED) is 0.939. The second-order valence-corrected chi connectivity index (χ2v) is 4.68. The van der Waals surface area contributed by atoms with Gasteiger partial charge in [-0.15, -0.1) is 0 Å². The smallest absolute Gasteiger partial charge is 0.384 e. The van der Waals surface area contributed by atoms with E-state index in [9.17, 15) is 13.2 Å². The molecule has 0 spiro atoms. The van der Waals surface area contributed by atoms with Gasteiger partial charge in [0.15, 0.2) is 5.82 Å². The number of halogens is 3. The molecule has 1 N–H and O–H groups in total. The van der Waals surface area contributed by atoms with Crippen molar-refractivity contribution in [2.45, 2.75) is 25.4 Å². The molecule has 0 saturated heterocycles. The van der Waals surface area contributed by atoms with Gasteiger partial charge >= 0.3 is 6.18 Å². The molecule has 0 aliphatic carbocycles. The van der Waals surface area contributed by atoms with E-state index in [4.69, 9.17) is 4.52 Å². The van der Waals surface area contributed by atoms with Gasteiger partial charge in [0.1, 0.15) is 0 Å². The van der Waals surface area contributed by atoms with Crippen molar-refractivity contribution in [2.24, 2.45) is 0 Å². The third-order valence-corrected chi connectivity index (χ3v) is 3.17. The number of hydrogen-bond donors (Lipinski definition) is 1. The predicted molar refractivity (Wildman–Crippen MR) is 66.3 cm³/mol. The van der Waals surface area contributed by atoms with Crippen LogP contribution in [0.3, 0.4) is 0 Å². The third kappa shape index (κ3) is 2.76. The van der Waals surface area contributed by atoms with Crippen molar-refractivity contribution in [3.63, 3.8) is 0 Å². The van der Waals surface area contributed by atoms with Crippen LogP contribution in [0, 0.1) is 0 Å². The van der Waals surface area contributed by atoms with E-state index in [1.807, 2.05) is 18.2 Å². The first-order valence-corrected chi connectivity index (χ1v) is 6.28. The third-order valence-electron chi connectivity index (χ3n) is 3.17. The van der Waals surface area contributed by atoms with E-state index in [1.165, 1.54) is 5.56 Å². The lowest BCUT2D eigenvalue weighted by Gasteiger charge is -2.02. The van der Waals surface area contributed by atoms with Crippen LogP contribution in [0.25, 0.3) is 11.5 Å². The number of aryl methyl sites for hydroxylation is 1. The Balaban J connectivity index is 1.76. The van der Waals surface area contributed by atoms with Crippen LogP contribution < -0.4 is 5.32 Å². The summed E-state index contributed by atoms with van der Waals surface area (Å²) in [5.41, 5.74) is 2.94. The zero-order valence-electron chi connectivity index (χ0n) is 10.5. The van der Waals surface area contributed by atoms with Gasteiger partial charge in [-0.3, -0.25) is 0 Å². The number of alkyl halides is 3. The van der Waals surface area contributed by atoms with Crippen LogP contribution >= 0.6 is 0 Å². The molecule has 1 aromatic heterocycles. The Hall–Kier alpha value is -2.05. The SMILES string of the molecule is FC(F)(F)CCc1noc(-c2ccc3c(c2)NCC3)n1. The van der Waals surface area contributed by atoms with Crippen molar-refractivity contribution in [1.29, 1.82) is 0 Å². The van der Waals surface area contributed by atoms with Crippen molar-refractivity contribution in [2.75, 3.05) is 11.9 Å². The fourth-order valence-electron chi connectivity index (χ4n) is 2.15. The molecule has 0 atom stereocenters. The van der Waals surface area contributed by atoms with Gasteiger partial charge in [-0.1, -0.05) is 11.2 Å². The Bertz CT molecular complexity index is 622. The molecular formula is C13H12F3N3O. The van der Waals surface area contributed by atoms with Gasteiger partial charge in [0.25, 0.3) is 5.89 Å². The summed E-state index contributed by atoms with van der Waals surface area (Å²) in [6, 6.07) is 5.68. The van der Waals surface area contributed by atoms with E-state index in [1.54, 1.807) is 0 Å². The molecule has 1 aliphatic heterocycles. The van der Waals surface area contributed by atoms with Crippen LogP contribution in [0.1, 0.15) is 17.8 Å². The van der Waals surface area contributed by atoms with E-state index >= 15 is 0 Å². The predicted octanol–water partition coefficient (Wildman–Crippen LogP) is 3.20. The van der Waals surface area contributed by atoms with Gasteiger partial charge in [-0.05, 0) is 24.1 Å². The van der Waals surface area contributed by atoms with Crippen LogP contribution in [0.5, 0.6) is 0 Å². The standard InChI is InChI=1S/C13H12F3N3O/c14-13(15,16)5-3-11-18-12(20-19-11)9-2-1-8-4-6-17-10(8)7-9/h1-2,7,17H,3-6H2. The minimum absolute atomic E-state index is 0.0748. The first-order chi connectivity index (χ1) is 9.51. The Morgan fingerprint density at radius 1 is 1.30 bits per heavy atom. The zero-order chi connectivity index (χ0) is 14.2. The number of nitrogens with one attached hydrogen (secondary N) is 1. The Kier molecular flexibility index (Phi) is 3.11. The largest absolute Gasteiger partial charge is 0.389 e. The van der Waals surface area contributed by atoms with Gasteiger partial charge < -0.3 is 9.84 Å². The second-order valence-electron chi connectivity index (χ2n) is 4.68. The molecule has 0 fully saturated rings. The highest BCUT2D eigenvalue weighted by molar-refractivity contribution is 5.66. The maximum Gasteiger partial charge on any atom is 0.389 e. The van der Waals surface area contributed by atoms with E-state index in [-0.39, 0.29) is 18.1 Å². The van der Waals surface area contributed by atoms with Crippen molar-refractivity contribution in [3.05, 3.63) is 29.6 Å². The average molecular weight is 283 g/mol. The topological polar surface area (TPSA) is 51.0 Å². The summed E-state index contributed by atoms with van der Waals surface area (Å²) in [7, 11) is 0. The maximum absolute atomic E-state index is 12.1. The first-order valence-electron chi connectivity index (χ1n) is 6.28. The lowest BCUT2D eigenvalue weighted by Crippen LogP contribution is -2.09. The number of benzene rings is 1. The summed E-state index contributed by atoms with van der Waals surface area (Å²) in [5, 5.41) is 6.81. The molecule has 0 saturated carbocycles. The van der Waals surface area contributed by atoms with Gasteiger partial charge in [-0.25, -0.2) is 0 Å². The van der Waals surface area contributed by atoms with Crippen molar-refractivity contribution < 1.29 is 17.7 Å². The molecule has 0 unspecified atom stereocenters. The average Bonchev–Trinajstić information content (AvgIpc) is 3.03. The van der Waals surface area contributed by atoms with Crippen LogP contribution in [-0.2, 0) is 12.8 Å². The van der Waals surface area contributed by atoms with Crippen molar-refractivity contribution in [1.82, 2.24) is 10.1 Å². The summed E-state index contributed by atoms with van der Waals surface area (Å²) in [4.78, 5) is 4.00. The van der Waals surface area contributed by atoms with Gasteiger partial charge in [0.2, 0.25) is 0 Å². The molecule has 0 radical (unpaired) electrons. The number of hydrogen-bond acceptors (Lipinski definition) is 4. The molecule has 0 bridgehead atoms. The first kappa shape index (κ1) is 13.0. The number of rotatable bonds is 3. The van der Waals surface area contributed by atoms with Gasteiger partial charge in [0.05, 0.1) is 6.42 Å². The summed E-state index contributed by atoms with van der Waals surface area (Å²) in [5.74, 6) is 0.324. The highest BCUT2D eigenvalue weighted by Gasteiger charge is 2.27. The highest BCUT2D eigenvalue weighted by atomic mass is 19.4. The van der Waals surface area contributed by atoms with Crippen LogP contribution in [0.15, 0.2) is 22.7 Å². The summed E-state index contributed by atoms with van der Waals surface area (Å²) in [6.45, 7) is 0.888. The molecular weight excluding hydrogens is 271 g/mol. The molecule has 20 heavy (non-hydrogen) atoms. The Labute approximate surface area is 113 Å². The molecule has 2 aromatic rings. The number of aromatic nitrogens is 2. The monoisotopic (exact) mass is 283 g/mol. The van der Waals surface area contributed by atoms with Crippen LogP contribution in [-0.4, -0.2) is 22.9 Å². The van der Waals surface area contributed by atoms with Crippen LogP contribution in [0.4, 0.5) is 18.9 Å². The zero-order valence-corrected chi connectivity index (χ0v) is 10.5. The molecule has 4 nitrogen and oxygen atoms in total. The maximum atomic E-state index is 12.1. The summed E-state index contributed by atoms with van der Waals surface area (Å²) >= 11 is 0. The van der Waals surface area contributed by atoms with Crippen LogP contribution in [0.2, 0.25) is 0 Å². The number of anilines is 1. The summed E-state index contributed by atoms with van der Waals surface area (Å²) in [6.07, 6.45) is -4.46. The van der Waals surface area contributed by atoms with Gasteiger partial charge in [-0.2, -0.15) is 18.2 Å². The molecule has 0 amide bonds. The van der Waals surface area contributed by atoms with E-state index in [0.717, 1.165) is 18.7 Å². The molecule has 3 rings (SSSR count). The fraction of sp³-hybridized carbons (Fsp3) is 0.385. The van der Waals surface area contributed by atoms with E-state index in [2.05, 4.69) is 15.5 Å². The number of nitrogens with zero attached hydrogens (tertiary/aromatic N) is 2. The van der Waals surface area contributed by atoms with Crippen molar-refractivity contribution >= 4 is 5.69 Å². The molecule has 1 aliphatic rings. The molecule has 7 heteroatoms. The lowest BCUT2D eigenvalue weighted by atomic mass is 10.1. The van der Waals surface area contributed by atoms with E-state index in [0.29, 0.717) is 5.56 Å². The molecule has 106 valence electrons. The highest BCUT2D eigenvalue weighted by Crippen LogP contribution is 2.28. The lowest BCUT2D eigenvalue weighted by molar-refractivity contribution is -0.134. The van der Waals surface area contributed by atoms with Crippen molar-refractivity contribution in [3.8, 4) is 11.5 Å².